The van der Waals surface area contributed by atoms with Crippen molar-refractivity contribution in [2.75, 3.05) is 0 Å². The number of aromatic nitrogens is 3. The summed E-state index contributed by atoms with van der Waals surface area (Å²) in [6.07, 6.45) is 0. The molecular formula is C14H12N4S. The first-order valence-electron chi connectivity index (χ1n) is 5.91. The summed E-state index contributed by atoms with van der Waals surface area (Å²) in [6, 6.07) is 8.23. The lowest BCUT2D eigenvalue weighted by Crippen LogP contribution is -1.89. The van der Waals surface area contributed by atoms with Crippen molar-refractivity contribution in [3.8, 4) is 17.3 Å². The van der Waals surface area contributed by atoms with E-state index in [0.29, 0.717) is 4.88 Å². The van der Waals surface area contributed by atoms with Crippen LogP contribution in [-0.2, 0) is 7.05 Å². The maximum absolute atomic E-state index is 9.16. The maximum Gasteiger partial charge on any atom is 0.132 e. The highest BCUT2D eigenvalue weighted by molar-refractivity contribution is 7.12. The monoisotopic (exact) mass is 268 g/mol. The molecule has 3 rings (SSSR count). The molecule has 0 spiro atoms. The van der Waals surface area contributed by atoms with E-state index in [9.17, 15) is 0 Å². The highest BCUT2D eigenvalue weighted by atomic mass is 32.1. The number of nitriles is 1. The Morgan fingerprint density at radius 2 is 2.05 bits per heavy atom. The van der Waals surface area contributed by atoms with Gasteiger partial charge in [0.2, 0.25) is 0 Å². The number of rotatable bonds is 1. The molecule has 0 amide bonds. The topological polar surface area (TPSA) is 54.5 Å². The van der Waals surface area contributed by atoms with Crippen molar-refractivity contribution >= 4 is 22.4 Å². The minimum atomic E-state index is 0.657. The summed E-state index contributed by atoms with van der Waals surface area (Å²) in [5.41, 5.74) is 3.74. The van der Waals surface area contributed by atoms with Gasteiger partial charge in [0, 0.05) is 12.6 Å². The Labute approximate surface area is 115 Å². The van der Waals surface area contributed by atoms with Crippen LogP contribution in [0, 0.1) is 25.2 Å². The zero-order valence-electron chi connectivity index (χ0n) is 10.9. The fourth-order valence-corrected chi connectivity index (χ4v) is 2.90. The van der Waals surface area contributed by atoms with Crippen LogP contribution in [0.3, 0.4) is 0 Å². The highest BCUT2D eigenvalue weighted by Crippen LogP contribution is 2.29. The molecule has 0 unspecified atom stereocenters. The molecule has 0 atom stereocenters. The Morgan fingerprint density at radius 1 is 1.26 bits per heavy atom. The first-order chi connectivity index (χ1) is 9.10. The normalized spacial score (nSPS) is 10.8. The van der Waals surface area contributed by atoms with Gasteiger partial charge in [-0.25, -0.2) is 9.97 Å². The molecule has 1 aromatic carbocycles. The fourth-order valence-electron chi connectivity index (χ4n) is 2.17. The fraction of sp³-hybridized carbons (Fsp3) is 0.214. The molecule has 4 nitrogen and oxygen atoms in total. The van der Waals surface area contributed by atoms with Gasteiger partial charge in [-0.3, -0.25) is 0 Å². The summed E-state index contributed by atoms with van der Waals surface area (Å²) in [7, 11) is 2.00. The Balaban J connectivity index is 2.23. The van der Waals surface area contributed by atoms with Crippen LogP contribution in [0.2, 0.25) is 0 Å². The van der Waals surface area contributed by atoms with E-state index in [-0.39, 0.29) is 0 Å². The lowest BCUT2D eigenvalue weighted by Gasteiger charge is -1.99. The molecular weight excluding hydrogens is 256 g/mol. The Morgan fingerprint density at radius 3 is 2.79 bits per heavy atom. The Hall–Kier alpha value is -2.19. The van der Waals surface area contributed by atoms with Crippen molar-refractivity contribution in [1.29, 1.82) is 5.26 Å². The molecule has 94 valence electrons. The van der Waals surface area contributed by atoms with Crippen LogP contribution in [0.25, 0.3) is 22.3 Å². The van der Waals surface area contributed by atoms with Crippen LogP contribution < -0.4 is 0 Å². The molecule has 0 aliphatic heterocycles. The molecule has 0 fully saturated rings. The zero-order chi connectivity index (χ0) is 13.6. The second-order valence-corrected chi connectivity index (χ2v) is 5.65. The van der Waals surface area contributed by atoms with E-state index in [4.69, 9.17) is 5.26 Å². The largest absolute Gasteiger partial charge is 0.331 e. The van der Waals surface area contributed by atoms with Gasteiger partial charge in [-0.2, -0.15) is 5.26 Å². The van der Waals surface area contributed by atoms with Gasteiger partial charge in [0.15, 0.2) is 0 Å². The van der Waals surface area contributed by atoms with Gasteiger partial charge in [-0.15, -0.1) is 11.3 Å². The molecule has 2 aromatic heterocycles. The Kier molecular flexibility index (Phi) is 2.61. The average Bonchev–Trinajstić information content (AvgIpc) is 2.91. The maximum atomic E-state index is 9.16. The molecule has 0 aliphatic carbocycles. The predicted octanol–water partition coefficient (Wildman–Crippen LogP) is 3.19. The highest BCUT2D eigenvalue weighted by Gasteiger charge is 2.13. The van der Waals surface area contributed by atoms with Crippen molar-refractivity contribution in [2.24, 2.45) is 7.05 Å². The van der Waals surface area contributed by atoms with Crippen LogP contribution in [0.5, 0.6) is 0 Å². The first-order valence-corrected chi connectivity index (χ1v) is 6.73. The average molecular weight is 268 g/mol. The third-order valence-electron chi connectivity index (χ3n) is 3.21. The van der Waals surface area contributed by atoms with Crippen LogP contribution >= 0.6 is 11.3 Å². The third kappa shape index (κ3) is 1.81. The van der Waals surface area contributed by atoms with Crippen molar-refractivity contribution < 1.29 is 0 Å². The minimum Gasteiger partial charge on any atom is -0.331 e. The van der Waals surface area contributed by atoms with E-state index in [0.717, 1.165) is 33.1 Å². The minimum absolute atomic E-state index is 0.657. The van der Waals surface area contributed by atoms with Gasteiger partial charge in [-0.05, 0) is 26.0 Å². The summed E-state index contributed by atoms with van der Waals surface area (Å²) in [5, 5.41) is 10.1. The van der Waals surface area contributed by atoms with E-state index < -0.39 is 0 Å². The van der Waals surface area contributed by atoms with Crippen molar-refractivity contribution in [3.05, 3.63) is 33.9 Å². The van der Waals surface area contributed by atoms with Gasteiger partial charge in [-0.1, -0.05) is 6.07 Å². The van der Waals surface area contributed by atoms with Crippen molar-refractivity contribution in [3.63, 3.8) is 0 Å². The molecule has 0 radical (unpaired) electrons. The number of fused-ring (bicyclic) bond motifs is 1. The quantitative estimate of drug-likeness (QED) is 0.681. The molecule has 0 saturated carbocycles. The van der Waals surface area contributed by atoms with E-state index in [1.54, 1.807) is 0 Å². The molecule has 0 N–H and O–H groups in total. The Bertz CT molecular complexity index is 820. The van der Waals surface area contributed by atoms with Crippen LogP contribution in [0.4, 0.5) is 0 Å². The van der Waals surface area contributed by atoms with E-state index >= 15 is 0 Å². The summed E-state index contributed by atoms with van der Waals surface area (Å²) in [5.74, 6) is 0.974. The van der Waals surface area contributed by atoms with Crippen molar-refractivity contribution in [2.45, 2.75) is 13.8 Å². The molecule has 2 heterocycles. The lowest BCUT2D eigenvalue weighted by atomic mass is 10.1. The van der Waals surface area contributed by atoms with Crippen LogP contribution in [0.1, 0.15) is 15.7 Å². The number of hydrogen-bond donors (Lipinski definition) is 0. The molecule has 5 heteroatoms. The van der Waals surface area contributed by atoms with E-state index in [1.807, 2.05) is 39.1 Å². The second-order valence-electron chi connectivity index (χ2n) is 4.44. The number of imidazole rings is 1. The first kappa shape index (κ1) is 11.9. The SMILES string of the molecule is Cc1nc(-c2ccc3c(c2)nc(C)n3C)c(C#N)s1. The summed E-state index contributed by atoms with van der Waals surface area (Å²) in [4.78, 5) is 9.62. The van der Waals surface area contributed by atoms with Gasteiger partial charge in [0.25, 0.3) is 0 Å². The third-order valence-corrected chi connectivity index (χ3v) is 4.09. The molecule has 3 aromatic rings. The van der Waals surface area contributed by atoms with Crippen LogP contribution in [-0.4, -0.2) is 14.5 Å². The van der Waals surface area contributed by atoms with Gasteiger partial charge >= 0.3 is 0 Å². The number of hydrogen-bond acceptors (Lipinski definition) is 4. The number of nitrogens with zero attached hydrogens (tertiary/aromatic N) is 4. The molecule has 0 aliphatic rings. The molecule has 19 heavy (non-hydrogen) atoms. The summed E-state index contributed by atoms with van der Waals surface area (Å²) >= 11 is 1.43. The molecule has 0 saturated heterocycles. The molecule has 0 bridgehead atoms. The smallest absolute Gasteiger partial charge is 0.132 e. The standard InChI is InChI=1S/C14H12N4S/c1-8-16-11-6-10(4-5-12(11)18(8)3)14-13(7-15)19-9(2)17-14/h4-6H,1-3H3. The van der Waals surface area contributed by atoms with Crippen LogP contribution in [0.15, 0.2) is 18.2 Å². The lowest BCUT2D eigenvalue weighted by molar-refractivity contribution is 0.886. The van der Waals surface area contributed by atoms with Crippen molar-refractivity contribution in [1.82, 2.24) is 14.5 Å². The predicted molar refractivity (Wildman–Crippen MR) is 76.0 cm³/mol. The van der Waals surface area contributed by atoms with Gasteiger partial charge < -0.3 is 4.57 Å². The number of benzene rings is 1. The van der Waals surface area contributed by atoms with Gasteiger partial charge in [0.05, 0.1) is 21.7 Å². The van der Waals surface area contributed by atoms with E-state index in [2.05, 4.69) is 20.6 Å². The summed E-state index contributed by atoms with van der Waals surface area (Å²) in [6.45, 7) is 3.89. The van der Waals surface area contributed by atoms with Gasteiger partial charge in [0.1, 0.15) is 16.8 Å². The number of aryl methyl sites for hydroxylation is 3. The summed E-state index contributed by atoms with van der Waals surface area (Å²) < 4.78 is 2.05. The second kappa shape index (κ2) is 4.18. The number of thiazole rings is 1. The van der Waals surface area contributed by atoms with E-state index in [1.165, 1.54) is 11.3 Å². The zero-order valence-corrected chi connectivity index (χ0v) is 11.7.